The number of carbonyl (C=O) groups excluding carboxylic acids is 2. The number of aromatic nitrogens is 4. The molecule has 4 rings (SSSR count). The van der Waals surface area contributed by atoms with E-state index in [1.54, 1.807) is 24.3 Å². The van der Waals surface area contributed by atoms with Gasteiger partial charge < -0.3 is 20.9 Å². The second-order valence-corrected chi connectivity index (χ2v) is 8.90. The number of methoxy groups -OCH3 is 1. The zero-order chi connectivity index (χ0) is 22.8. The molecule has 2 aromatic rings. The number of aliphatic carboxylic acids is 1. The lowest BCUT2D eigenvalue weighted by molar-refractivity contribution is -0.150. The first-order valence-electron chi connectivity index (χ1n) is 9.37. The molecular formula is C18H19N7O5S2. The molecule has 1 aromatic heterocycles. The van der Waals surface area contributed by atoms with Gasteiger partial charge in [0, 0.05) is 17.1 Å². The second-order valence-electron chi connectivity index (χ2n) is 6.86. The number of carboxylic acids is 1. The van der Waals surface area contributed by atoms with E-state index in [0.29, 0.717) is 33.5 Å². The third-order valence-electron chi connectivity index (χ3n) is 5.01. The minimum atomic E-state index is -1.21. The highest BCUT2D eigenvalue weighted by atomic mass is 32.2. The van der Waals surface area contributed by atoms with Crippen molar-refractivity contribution in [2.24, 2.45) is 5.73 Å². The lowest BCUT2D eigenvalue weighted by Crippen LogP contribution is -2.71. The molecule has 32 heavy (non-hydrogen) atoms. The second kappa shape index (κ2) is 9.18. The fourth-order valence-electron chi connectivity index (χ4n) is 3.47. The number of hydrogen-bond acceptors (Lipinski definition) is 10. The highest BCUT2D eigenvalue weighted by Crippen LogP contribution is 2.41. The molecule has 0 aliphatic carbocycles. The molecule has 0 radical (unpaired) electrons. The van der Waals surface area contributed by atoms with Crippen molar-refractivity contribution in [3.8, 4) is 5.75 Å². The molecule has 1 saturated heterocycles. The number of nitrogens with one attached hydrogen (secondary N) is 2. The molecule has 168 valence electrons. The van der Waals surface area contributed by atoms with E-state index in [0.717, 1.165) is 0 Å². The highest BCUT2D eigenvalue weighted by Gasteiger charge is 2.54. The van der Waals surface area contributed by atoms with E-state index in [9.17, 15) is 19.5 Å². The third kappa shape index (κ3) is 4.03. The van der Waals surface area contributed by atoms with Crippen molar-refractivity contribution in [3.63, 3.8) is 0 Å². The predicted octanol–water partition coefficient (Wildman–Crippen LogP) is -0.261. The number of thioether (sulfide) groups is 2. The Bertz CT molecular complexity index is 1080. The number of carbonyl (C=O) groups is 3. The van der Waals surface area contributed by atoms with E-state index >= 15 is 0 Å². The van der Waals surface area contributed by atoms with Crippen LogP contribution in [0.2, 0.25) is 0 Å². The van der Waals surface area contributed by atoms with Gasteiger partial charge >= 0.3 is 5.97 Å². The largest absolute Gasteiger partial charge is 0.496 e. The van der Waals surface area contributed by atoms with Crippen molar-refractivity contribution < 1.29 is 24.2 Å². The molecule has 0 bridgehead atoms. The van der Waals surface area contributed by atoms with Crippen LogP contribution in [0.4, 0.5) is 0 Å². The number of benzene rings is 1. The quantitative estimate of drug-likeness (QED) is 0.291. The van der Waals surface area contributed by atoms with Gasteiger partial charge in [0.1, 0.15) is 28.9 Å². The van der Waals surface area contributed by atoms with Crippen molar-refractivity contribution in [1.29, 1.82) is 0 Å². The van der Waals surface area contributed by atoms with E-state index in [4.69, 9.17) is 10.5 Å². The molecule has 14 heteroatoms. The van der Waals surface area contributed by atoms with Crippen LogP contribution in [-0.4, -0.2) is 78.4 Å². The maximum Gasteiger partial charge on any atom is 0.352 e. The Kier molecular flexibility index (Phi) is 6.34. The molecule has 0 spiro atoms. The van der Waals surface area contributed by atoms with Gasteiger partial charge in [-0.15, -0.1) is 22.0 Å². The lowest BCUT2D eigenvalue weighted by Gasteiger charge is -2.49. The fourth-order valence-corrected chi connectivity index (χ4v) is 5.69. The van der Waals surface area contributed by atoms with Crippen molar-refractivity contribution in [3.05, 3.63) is 41.1 Å². The number of nitrogens with zero attached hydrogens (tertiary/aromatic N) is 4. The highest BCUT2D eigenvalue weighted by molar-refractivity contribution is 8.01. The zero-order valence-electron chi connectivity index (χ0n) is 16.7. The Morgan fingerprint density at radius 2 is 2.25 bits per heavy atom. The van der Waals surface area contributed by atoms with Gasteiger partial charge in [-0.3, -0.25) is 14.5 Å². The number of amides is 2. The summed E-state index contributed by atoms with van der Waals surface area (Å²) >= 11 is 2.59. The summed E-state index contributed by atoms with van der Waals surface area (Å²) in [5.41, 5.74) is 7.07. The smallest absolute Gasteiger partial charge is 0.352 e. The predicted molar refractivity (Wildman–Crippen MR) is 115 cm³/mol. The molecule has 0 saturated carbocycles. The van der Waals surface area contributed by atoms with Crippen LogP contribution < -0.4 is 15.8 Å². The first kappa shape index (κ1) is 22.1. The molecule has 2 aliphatic rings. The maximum absolute atomic E-state index is 12.8. The Morgan fingerprint density at radius 3 is 2.94 bits per heavy atom. The van der Waals surface area contributed by atoms with Crippen LogP contribution in [0, 0.1) is 0 Å². The number of β-lactam (4-membered cyclic amide) rings is 1. The normalized spacial score (nSPS) is 20.9. The summed E-state index contributed by atoms with van der Waals surface area (Å²) in [6.45, 7) is 0. The van der Waals surface area contributed by atoms with Gasteiger partial charge in [0.15, 0.2) is 0 Å². The molecule has 3 heterocycles. The molecule has 2 unspecified atom stereocenters. The first-order valence-corrected chi connectivity index (χ1v) is 11.4. The average molecular weight is 478 g/mol. The lowest BCUT2D eigenvalue weighted by atomic mass is 10.0. The average Bonchev–Trinajstić information content (AvgIpc) is 3.33. The number of H-pyrrole nitrogens is 1. The van der Waals surface area contributed by atoms with Gasteiger partial charge in [-0.25, -0.2) is 4.79 Å². The summed E-state index contributed by atoms with van der Waals surface area (Å²) in [7, 11) is 1.48. The summed E-state index contributed by atoms with van der Waals surface area (Å²) in [4.78, 5) is 38.6. The number of nitrogens with two attached hydrogens (primary N) is 1. The molecule has 1 fully saturated rings. The summed E-state index contributed by atoms with van der Waals surface area (Å²) in [5, 5.41) is 25.7. The minimum absolute atomic E-state index is 0.0747. The van der Waals surface area contributed by atoms with Crippen LogP contribution in [0.5, 0.6) is 5.75 Å². The van der Waals surface area contributed by atoms with Crippen LogP contribution in [-0.2, 0) is 14.4 Å². The Morgan fingerprint density at radius 1 is 1.47 bits per heavy atom. The zero-order valence-corrected chi connectivity index (χ0v) is 18.4. The number of rotatable bonds is 8. The van der Waals surface area contributed by atoms with Crippen LogP contribution in [0.25, 0.3) is 0 Å². The van der Waals surface area contributed by atoms with Crippen molar-refractivity contribution in [2.75, 3.05) is 18.6 Å². The Balaban J connectivity index is 1.46. The third-order valence-corrected chi connectivity index (χ3v) is 7.27. The van der Waals surface area contributed by atoms with Gasteiger partial charge in [0.2, 0.25) is 11.1 Å². The number of fused-ring (bicyclic) bond motifs is 1. The summed E-state index contributed by atoms with van der Waals surface area (Å²) in [6, 6.07) is 4.94. The molecule has 3 atom stereocenters. The van der Waals surface area contributed by atoms with Gasteiger partial charge in [0.25, 0.3) is 5.91 Å². The topological polar surface area (TPSA) is 176 Å². The van der Waals surface area contributed by atoms with E-state index in [1.807, 2.05) is 0 Å². The number of para-hydroxylation sites is 1. The van der Waals surface area contributed by atoms with Gasteiger partial charge in [-0.1, -0.05) is 30.0 Å². The van der Waals surface area contributed by atoms with Crippen molar-refractivity contribution in [1.82, 2.24) is 30.8 Å². The van der Waals surface area contributed by atoms with E-state index in [1.165, 1.54) is 35.5 Å². The molecule has 1 aromatic carbocycles. The first-order chi connectivity index (χ1) is 15.4. The van der Waals surface area contributed by atoms with Crippen LogP contribution in [0.1, 0.15) is 11.6 Å². The van der Waals surface area contributed by atoms with Crippen LogP contribution >= 0.6 is 23.5 Å². The fraction of sp³-hybridized carbons (Fsp3) is 0.333. The van der Waals surface area contributed by atoms with Gasteiger partial charge in [0.05, 0.1) is 7.11 Å². The molecule has 12 nitrogen and oxygen atoms in total. The van der Waals surface area contributed by atoms with Gasteiger partial charge in [-0.2, -0.15) is 5.21 Å². The minimum Gasteiger partial charge on any atom is -0.496 e. The standard InChI is InChI=1S/C18H19N7O5S2/c1-30-10-5-3-2-4-9(10)11(19)14(26)20-12-15(27)25-13(17(28)29)8(6-31-16(12)25)7-32-18-21-23-24-22-18/h2-5,11-12,16H,6-7,19H2,1H3,(H,20,26)(H,28,29)(H,21,22,23,24)/t11?,12?,16-/m0/s1. The number of carboxylic acid groups (broad SMARTS) is 1. The summed E-state index contributed by atoms with van der Waals surface area (Å²) in [6.07, 6.45) is 0. The maximum atomic E-state index is 12.8. The Labute approximate surface area is 190 Å². The monoisotopic (exact) mass is 477 g/mol. The number of ether oxygens (including phenoxy) is 1. The molecule has 5 N–H and O–H groups in total. The Hall–Kier alpha value is -3.10. The van der Waals surface area contributed by atoms with Gasteiger partial charge in [-0.05, 0) is 16.9 Å². The van der Waals surface area contributed by atoms with Crippen LogP contribution in [0.15, 0.2) is 40.7 Å². The number of hydrogen-bond donors (Lipinski definition) is 4. The number of aromatic amines is 1. The molecular weight excluding hydrogens is 458 g/mol. The van der Waals surface area contributed by atoms with E-state index < -0.39 is 35.2 Å². The van der Waals surface area contributed by atoms with Crippen LogP contribution in [0.3, 0.4) is 0 Å². The van der Waals surface area contributed by atoms with E-state index in [-0.39, 0.29) is 5.70 Å². The van der Waals surface area contributed by atoms with Crippen molar-refractivity contribution >= 4 is 41.3 Å². The summed E-state index contributed by atoms with van der Waals surface area (Å²) in [5.74, 6) is -1.12. The van der Waals surface area contributed by atoms with E-state index in [2.05, 4.69) is 25.9 Å². The van der Waals surface area contributed by atoms with Crippen molar-refractivity contribution in [2.45, 2.75) is 22.6 Å². The summed E-state index contributed by atoms with van der Waals surface area (Å²) < 4.78 is 5.24. The molecule has 2 aliphatic heterocycles. The number of tetrazole rings is 1. The molecule has 2 amide bonds. The SMILES string of the molecule is COc1ccccc1C(N)C(=O)NC1C(=O)N2C(C(=O)O)=C(CSc3nn[nH]n3)CS[C@@H]12.